The second-order valence-electron chi connectivity index (χ2n) is 4.81. The Hall–Kier alpha value is -0.560. The Morgan fingerprint density at radius 3 is 1.87 bits per heavy atom. The standard InChI is InChI=1S/C11H23N.C3H6/c1-8(2)9(3)11(5,6)10(4)12-7;1-3-2/h9-10,12H,1H2,2-7H3;3H,1H2,2H3. The van der Waals surface area contributed by atoms with Crippen LogP contribution in [0.25, 0.3) is 0 Å². The quantitative estimate of drug-likeness (QED) is 0.692. The molecule has 0 aliphatic heterocycles. The van der Waals surface area contributed by atoms with E-state index in [1.54, 1.807) is 6.08 Å². The van der Waals surface area contributed by atoms with Crippen LogP contribution in [0.15, 0.2) is 24.8 Å². The second kappa shape index (κ2) is 7.70. The highest BCUT2D eigenvalue weighted by atomic mass is 14.9. The van der Waals surface area contributed by atoms with Gasteiger partial charge in [-0.2, -0.15) is 0 Å². The SMILES string of the molecule is C=C(C)C(C)C(C)(C)C(C)NC.C=CC. The summed E-state index contributed by atoms with van der Waals surface area (Å²) in [6, 6.07) is 0.518. The molecule has 1 nitrogen and oxygen atoms in total. The molecule has 1 N–H and O–H groups in total. The molecule has 0 bridgehead atoms. The first-order chi connectivity index (χ1) is 6.75. The van der Waals surface area contributed by atoms with Crippen molar-refractivity contribution in [2.45, 2.75) is 47.6 Å². The van der Waals surface area contributed by atoms with Crippen molar-refractivity contribution in [2.24, 2.45) is 11.3 Å². The van der Waals surface area contributed by atoms with Crippen LogP contribution in [0.5, 0.6) is 0 Å². The van der Waals surface area contributed by atoms with Gasteiger partial charge >= 0.3 is 0 Å². The van der Waals surface area contributed by atoms with Crippen LogP contribution in [-0.2, 0) is 0 Å². The molecule has 0 aromatic carbocycles. The van der Waals surface area contributed by atoms with Gasteiger partial charge in [-0.05, 0) is 39.2 Å². The summed E-state index contributed by atoms with van der Waals surface area (Å²) in [4.78, 5) is 0. The number of allylic oxidation sites excluding steroid dienone is 2. The zero-order chi connectivity index (χ0) is 12.6. The first kappa shape index (κ1) is 16.9. The van der Waals surface area contributed by atoms with Gasteiger partial charge in [0.25, 0.3) is 0 Å². The summed E-state index contributed by atoms with van der Waals surface area (Å²) in [7, 11) is 2.01. The van der Waals surface area contributed by atoms with Crippen molar-refractivity contribution >= 4 is 0 Å². The van der Waals surface area contributed by atoms with E-state index < -0.39 is 0 Å². The van der Waals surface area contributed by atoms with Gasteiger partial charge in [-0.15, -0.1) is 6.58 Å². The molecular weight excluding hydrogens is 182 g/mol. The second-order valence-corrected chi connectivity index (χ2v) is 4.81. The Morgan fingerprint density at radius 2 is 1.67 bits per heavy atom. The highest BCUT2D eigenvalue weighted by Gasteiger charge is 2.31. The number of hydrogen-bond acceptors (Lipinski definition) is 1. The predicted molar refractivity (Wildman–Crippen MR) is 72.2 cm³/mol. The van der Waals surface area contributed by atoms with Gasteiger partial charge in [-0.1, -0.05) is 39.0 Å². The van der Waals surface area contributed by atoms with Crippen molar-refractivity contribution in [3.8, 4) is 0 Å². The molecule has 0 aliphatic carbocycles. The normalized spacial score (nSPS) is 14.6. The van der Waals surface area contributed by atoms with E-state index in [4.69, 9.17) is 0 Å². The lowest BCUT2D eigenvalue weighted by Crippen LogP contribution is -2.41. The average Bonchev–Trinajstić information content (AvgIpc) is 2.16. The maximum absolute atomic E-state index is 4.01. The molecule has 0 fully saturated rings. The van der Waals surface area contributed by atoms with Crippen LogP contribution < -0.4 is 5.32 Å². The molecular formula is C14H29N. The molecule has 90 valence electrons. The van der Waals surface area contributed by atoms with Crippen molar-refractivity contribution in [2.75, 3.05) is 7.05 Å². The molecule has 2 unspecified atom stereocenters. The van der Waals surface area contributed by atoms with Gasteiger partial charge in [0.15, 0.2) is 0 Å². The minimum atomic E-state index is 0.278. The summed E-state index contributed by atoms with van der Waals surface area (Å²) in [5, 5.41) is 3.30. The fourth-order valence-corrected chi connectivity index (χ4v) is 1.38. The summed E-state index contributed by atoms with van der Waals surface area (Å²) < 4.78 is 0. The van der Waals surface area contributed by atoms with E-state index >= 15 is 0 Å². The first-order valence-electron chi connectivity index (χ1n) is 5.65. The van der Waals surface area contributed by atoms with Crippen LogP contribution >= 0.6 is 0 Å². The van der Waals surface area contributed by atoms with E-state index in [9.17, 15) is 0 Å². The van der Waals surface area contributed by atoms with Crippen molar-refractivity contribution in [3.05, 3.63) is 24.8 Å². The summed E-state index contributed by atoms with van der Waals surface area (Å²) >= 11 is 0. The maximum atomic E-state index is 4.01. The van der Waals surface area contributed by atoms with E-state index in [0.29, 0.717) is 12.0 Å². The molecule has 0 heterocycles. The molecule has 0 aromatic heterocycles. The lowest BCUT2D eigenvalue weighted by molar-refractivity contribution is 0.195. The highest BCUT2D eigenvalue weighted by molar-refractivity contribution is 5.02. The number of nitrogens with one attached hydrogen (secondary N) is 1. The Bertz CT molecular complexity index is 192. The van der Waals surface area contributed by atoms with Crippen LogP contribution in [0.2, 0.25) is 0 Å². The maximum Gasteiger partial charge on any atom is 0.00925 e. The van der Waals surface area contributed by atoms with Crippen molar-refractivity contribution in [1.29, 1.82) is 0 Å². The molecule has 15 heavy (non-hydrogen) atoms. The van der Waals surface area contributed by atoms with E-state index in [0.717, 1.165) is 0 Å². The summed E-state index contributed by atoms with van der Waals surface area (Å²) in [6.45, 7) is 20.4. The monoisotopic (exact) mass is 211 g/mol. The summed E-state index contributed by atoms with van der Waals surface area (Å²) in [5.74, 6) is 0.556. The molecule has 2 atom stereocenters. The van der Waals surface area contributed by atoms with Crippen LogP contribution in [0.1, 0.15) is 41.5 Å². The molecule has 0 amide bonds. The lowest BCUT2D eigenvalue weighted by atomic mass is 9.72. The highest BCUT2D eigenvalue weighted by Crippen LogP contribution is 2.34. The molecule has 0 aliphatic rings. The number of hydrogen-bond donors (Lipinski definition) is 1. The third kappa shape index (κ3) is 5.78. The Balaban J connectivity index is 0. The van der Waals surface area contributed by atoms with E-state index in [-0.39, 0.29) is 5.41 Å². The summed E-state index contributed by atoms with van der Waals surface area (Å²) in [6.07, 6.45) is 1.75. The van der Waals surface area contributed by atoms with Crippen LogP contribution in [0.3, 0.4) is 0 Å². The van der Waals surface area contributed by atoms with Crippen LogP contribution in [0.4, 0.5) is 0 Å². The fraction of sp³-hybridized carbons (Fsp3) is 0.714. The summed E-state index contributed by atoms with van der Waals surface area (Å²) in [5.41, 5.74) is 1.54. The Morgan fingerprint density at radius 1 is 1.33 bits per heavy atom. The van der Waals surface area contributed by atoms with Crippen LogP contribution in [-0.4, -0.2) is 13.1 Å². The molecule has 0 aromatic rings. The van der Waals surface area contributed by atoms with Gasteiger partial charge in [0.2, 0.25) is 0 Å². The molecule has 0 spiro atoms. The smallest absolute Gasteiger partial charge is 0.00925 e. The molecule has 0 saturated carbocycles. The van der Waals surface area contributed by atoms with Gasteiger partial charge < -0.3 is 5.32 Å². The van der Waals surface area contributed by atoms with E-state index in [1.165, 1.54) is 5.57 Å². The van der Waals surface area contributed by atoms with Crippen LogP contribution in [0, 0.1) is 11.3 Å². The minimum absolute atomic E-state index is 0.278. The Labute approximate surface area is 96.7 Å². The van der Waals surface area contributed by atoms with Gasteiger partial charge in [-0.3, -0.25) is 0 Å². The third-order valence-electron chi connectivity index (χ3n) is 3.40. The predicted octanol–water partition coefficient (Wildman–Crippen LogP) is 4.03. The van der Waals surface area contributed by atoms with Gasteiger partial charge in [0.05, 0.1) is 0 Å². The zero-order valence-electron chi connectivity index (χ0n) is 11.6. The molecule has 0 radical (unpaired) electrons. The van der Waals surface area contributed by atoms with Crippen molar-refractivity contribution in [1.82, 2.24) is 5.32 Å². The molecule has 1 heteroatoms. The minimum Gasteiger partial charge on any atom is -0.317 e. The van der Waals surface area contributed by atoms with E-state index in [1.807, 2.05) is 14.0 Å². The average molecular weight is 211 g/mol. The fourth-order valence-electron chi connectivity index (χ4n) is 1.38. The van der Waals surface area contributed by atoms with Gasteiger partial charge in [0.1, 0.15) is 0 Å². The topological polar surface area (TPSA) is 12.0 Å². The van der Waals surface area contributed by atoms with Gasteiger partial charge in [-0.25, -0.2) is 0 Å². The van der Waals surface area contributed by atoms with Crippen molar-refractivity contribution in [3.63, 3.8) is 0 Å². The first-order valence-corrected chi connectivity index (χ1v) is 5.65. The number of rotatable bonds is 4. The van der Waals surface area contributed by atoms with E-state index in [2.05, 4.69) is 53.1 Å². The molecule has 0 saturated heterocycles. The largest absolute Gasteiger partial charge is 0.317 e. The van der Waals surface area contributed by atoms with Gasteiger partial charge in [0, 0.05) is 6.04 Å². The third-order valence-corrected chi connectivity index (χ3v) is 3.40. The molecule has 0 rings (SSSR count). The lowest BCUT2D eigenvalue weighted by Gasteiger charge is -2.38. The zero-order valence-corrected chi connectivity index (χ0v) is 11.6. The van der Waals surface area contributed by atoms with Crippen molar-refractivity contribution < 1.29 is 0 Å². The Kier molecular flexibility index (Phi) is 8.65.